The van der Waals surface area contributed by atoms with Crippen molar-refractivity contribution in [2.24, 2.45) is 5.73 Å². The van der Waals surface area contributed by atoms with Gasteiger partial charge in [-0.2, -0.15) is 16.7 Å². The first kappa shape index (κ1) is 13.9. The number of nitrogens with two attached hydrogens (primary N) is 1. The maximum atomic E-state index is 5.95. The van der Waals surface area contributed by atoms with Crippen molar-refractivity contribution in [2.45, 2.75) is 68.9 Å². The molecular weight excluding hydrogens is 246 g/mol. The number of hydrogen-bond donors (Lipinski definition) is 1. The minimum absolute atomic E-state index is 0.101. The van der Waals surface area contributed by atoms with E-state index in [9.17, 15) is 0 Å². The molecule has 1 fully saturated rings. The lowest BCUT2D eigenvalue weighted by molar-refractivity contribution is 0.345. The Labute approximate surface area is 113 Å². The van der Waals surface area contributed by atoms with E-state index in [-0.39, 0.29) is 6.04 Å². The number of hydrogen-bond acceptors (Lipinski definition) is 5. The minimum atomic E-state index is -0.101. The van der Waals surface area contributed by atoms with Gasteiger partial charge in [0.2, 0.25) is 5.89 Å². The van der Waals surface area contributed by atoms with Gasteiger partial charge in [-0.1, -0.05) is 37.8 Å². The Morgan fingerprint density at radius 2 is 2.17 bits per heavy atom. The largest absolute Gasteiger partial charge is 0.338 e. The second-order valence-corrected chi connectivity index (χ2v) is 6.30. The molecule has 0 saturated heterocycles. The Hall–Kier alpha value is -0.550. The predicted molar refractivity (Wildman–Crippen MR) is 74.3 cm³/mol. The van der Waals surface area contributed by atoms with E-state index in [2.05, 4.69) is 17.1 Å². The Morgan fingerprint density at radius 1 is 1.39 bits per heavy atom. The topological polar surface area (TPSA) is 64.9 Å². The van der Waals surface area contributed by atoms with Crippen LogP contribution in [-0.2, 0) is 5.75 Å². The highest BCUT2D eigenvalue weighted by molar-refractivity contribution is 7.99. The monoisotopic (exact) mass is 269 g/mol. The minimum Gasteiger partial charge on any atom is -0.338 e. The normalized spacial score (nSPS) is 19.0. The van der Waals surface area contributed by atoms with Crippen molar-refractivity contribution in [3.05, 3.63) is 11.7 Å². The molecule has 102 valence electrons. The van der Waals surface area contributed by atoms with Gasteiger partial charge in [-0.15, -0.1) is 0 Å². The number of nitrogens with zero attached hydrogens (tertiary/aromatic N) is 2. The number of rotatable bonds is 6. The van der Waals surface area contributed by atoms with E-state index < -0.39 is 0 Å². The molecule has 0 bridgehead atoms. The molecule has 1 atom stereocenters. The summed E-state index contributed by atoms with van der Waals surface area (Å²) in [5.41, 5.74) is 5.95. The zero-order valence-electron chi connectivity index (χ0n) is 11.1. The van der Waals surface area contributed by atoms with Gasteiger partial charge in [0.25, 0.3) is 0 Å². The molecule has 18 heavy (non-hydrogen) atoms. The molecule has 2 N–H and O–H groups in total. The lowest BCUT2D eigenvalue weighted by Gasteiger charge is -2.19. The summed E-state index contributed by atoms with van der Waals surface area (Å²) in [4.78, 5) is 4.39. The lowest BCUT2D eigenvalue weighted by atomic mass is 10.0. The Kier molecular flexibility index (Phi) is 5.50. The van der Waals surface area contributed by atoms with Gasteiger partial charge in [0.1, 0.15) is 0 Å². The molecule has 1 heterocycles. The van der Waals surface area contributed by atoms with Crippen LogP contribution in [0.4, 0.5) is 0 Å². The second kappa shape index (κ2) is 7.14. The zero-order chi connectivity index (χ0) is 12.8. The van der Waals surface area contributed by atoms with E-state index in [4.69, 9.17) is 10.3 Å². The van der Waals surface area contributed by atoms with Crippen molar-refractivity contribution >= 4 is 11.8 Å². The SMILES string of the molecule is CCCC(N)c1nc(CSC2CCCCC2)no1. The summed E-state index contributed by atoms with van der Waals surface area (Å²) in [5, 5.41) is 4.80. The summed E-state index contributed by atoms with van der Waals surface area (Å²) >= 11 is 1.96. The van der Waals surface area contributed by atoms with E-state index in [1.807, 2.05) is 11.8 Å². The number of thioether (sulfide) groups is 1. The van der Waals surface area contributed by atoms with Crippen LogP contribution in [0.15, 0.2) is 4.52 Å². The molecule has 0 spiro atoms. The first-order chi connectivity index (χ1) is 8.79. The average molecular weight is 269 g/mol. The first-order valence-corrected chi connectivity index (χ1v) is 8.04. The van der Waals surface area contributed by atoms with Crippen molar-refractivity contribution in [3.63, 3.8) is 0 Å². The molecule has 1 aromatic heterocycles. The molecule has 5 heteroatoms. The van der Waals surface area contributed by atoms with Crippen molar-refractivity contribution < 1.29 is 4.52 Å². The van der Waals surface area contributed by atoms with E-state index in [1.54, 1.807) is 0 Å². The first-order valence-electron chi connectivity index (χ1n) is 6.99. The summed E-state index contributed by atoms with van der Waals surface area (Å²) in [5.74, 6) is 2.25. The van der Waals surface area contributed by atoms with Gasteiger partial charge in [-0.05, 0) is 19.3 Å². The molecule has 0 aromatic carbocycles. The second-order valence-electron chi connectivity index (χ2n) is 5.02. The van der Waals surface area contributed by atoms with Crippen LogP contribution >= 0.6 is 11.8 Å². The summed E-state index contributed by atoms with van der Waals surface area (Å²) in [7, 11) is 0. The fourth-order valence-electron chi connectivity index (χ4n) is 2.34. The molecule has 1 saturated carbocycles. The zero-order valence-corrected chi connectivity index (χ0v) is 11.9. The molecule has 0 radical (unpaired) electrons. The highest BCUT2D eigenvalue weighted by Gasteiger charge is 2.17. The van der Waals surface area contributed by atoms with Crippen LogP contribution in [0.5, 0.6) is 0 Å². The molecule has 1 aliphatic carbocycles. The highest BCUT2D eigenvalue weighted by atomic mass is 32.2. The standard InChI is InChI=1S/C13H23N3OS/c1-2-6-11(14)13-15-12(16-17-13)9-18-10-7-4-3-5-8-10/h10-11H,2-9,14H2,1H3. The molecule has 4 nitrogen and oxygen atoms in total. The van der Waals surface area contributed by atoms with Gasteiger partial charge >= 0.3 is 0 Å². The van der Waals surface area contributed by atoms with E-state index in [0.717, 1.165) is 29.7 Å². The van der Waals surface area contributed by atoms with Crippen LogP contribution in [0.1, 0.15) is 69.6 Å². The van der Waals surface area contributed by atoms with Crippen LogP contribution in [0.2, 0.25) is 0 Å². The van der Waals surface area contributed by atoms with Crippen molar-refractivity contribution in [1.29, 1.82) is 0 Å². The van der Waals surface area contributed by atoms with E-state index >= 15 is 0 Å². The predicted octanol–water partition coefficient (Wildman–Crippen LogP) is 3.44. The third kappa shape index (κ3) is 3.99. The average Bonchev–Trinajstić information content (AvgIpc) is 2.87. The summed E-state index contributed by atoms with van der Waals surface area (Å²) in [6.07, 6.45) is 8.75. The Balaban J connectivity index is 1.79. The molecule has 0 amide bonds. The van der Waals surface area contributed by atoms with Crippen molar-refractivity contribution in [2.75, 3.05) is 0 Å². The third-order valence-electron chi connectivity index (χ3n) is 3.40. The molecule has 1 aliphatic rings. The molecular formula is C13H23N3OS. The van der Waals surface area contributed by atoms with Crippen LogP contribution in [0, 0.1) is 0 Å². The Bertz CT molecular complexity index is 350. The van der Waals surface area contributed by atoms with Gasteiger partial charge in [-0.3, -0.25) is 0 Å². The molecule has 0 aliphatic heterocycles. The van der Waals surface area contributed by atoms with Crippen LogP contribution in [0.3, 0.4) is 0 Å². The maximum Gasteiger partial charge on any atom is 0.243 e. The number of aromatic nitrogens is 2. The highest BCUT2D eigenvalue weighted by Crippen LogP contribution is 2.30. The third-order valence-corrected chi connectivity index (χ3v) is 4.77. The van der Waals surface area contributed by atoms with Gasteiger partial charge in [0.05, 0.1) is 11.8 Å². The fraction of sp³-hybridized carbons (Fsp3) is 0.846. The van der Waals surface area contributed by atoms with E-state index in [0.29, 0.717) is 5.89 Å². The summed E-state index contributed by atoms with van der Waals surface area (Å²) in [6.45, 7) is 2.11. The van der Waals surface area contributed by atoms with Gasteiger partial charge in [0.15, 0.2) is 5.82 Å². The maximum absolute atomic E-state index is 5.95. The summed E-state index contributed by atoms with van der Waals surface area (Å²) < 4.78 is 5.22. The lowest BCUT2D eigenvalue weighted by Crippen LogP contribution is -2.10. The molecule has 1 aromatic rings. The Morgan fingerprint density at radius 3 is 2.89 bits per heavy atom. The van der Waals surface area contributed by atoms with Gasteiger partial charge in [0, 0.05) is 5.25 Å². The van der Waals surface area contributed by atoms with Crippen LogP contribution in [0.25, 0.3) is 0 Å². The molecule has 1 unspecified atom stereocenters. The van der Waals surface area contributed by atoms with Crippen LogP contribution < -0.4 is 5.73 Å². The van der Waals surface area contributed by atoms with Gasteiger partial charge in [-0.25, -0.2) is 0 Å². The summed E-state index contributed by atoms with van der Waals surface area (Å²) in [6, 6.07) is -0.101. The molecule has 2 rings (SSSR count). The van der Waals surface area contributed by atoms with Gasteiger partial charge < -0.3 is 10.3 Å². The fourth-order valence-corrected chi connectivity index (χ4v) is 3.50. The van der Waals surface area contributed by atoms with Crippen molar-refractivity contribution in [3.8, 4) is 0 Å². The van der Waals surface area contributed by atoms with Crippen LogP contribution in [-0.4, -0.2) is 15.4 Å². The van der Waals surface area contributed by atoms with Crippen molar-refractivity contribution in [1.82, 2.24) is 10.1 Å². The quantitative estimate of drug-likeness (QED) is 0.857. The smallest absolute Gasteiger partial charge is 0.243 e. The van der Waals surface area contributed by atoms with E-state index in [1.165, 1.54) is 32.1 Å².